The highest BCUT2D eigenvalue weighted by Crippen LogP contribution is 2.23. The van der Waals surface area contributed by atoms with Crippen molar-refractivity contribution in [3.8, 4) is 0 Å². The van der Waals surface area contributed by atoms with Crippen LogP contribution in [-0.4, -0.2) is 17.2 Å². The standard InChI is InChI=1S/C16H25NOS/c1-11(2)15(12(3)4)17-16(18)13(5)19-14-9-7-6-8-10-14/h6-13,15H,1-5H3,(H,17,18)/t13-/m1/s1. The molecular formula is C16H25NOS. The van der Waals surface area contributed by atoms with Crippen molar-refractivity contribution in [2.24, 2.45) is 11.8 Å². The number of thioether (sulfide) groups is 1. The summed E-state index contributed by atoms with van der Waals surface area (Å²) in [6.07, 6.45) is 0. The van der Waals surface area contributed by atoms with Gasteiger partial charge in [0, 0.05) is 10.9 Å². The van der Waals surface area contributed by atoms with Gasteiger partial charge in [0.15, 0.2) is 0 Å². The zero-order valence-corrected chi connectivity index (χ0v) is 13.3. The summed E-state index contributed by atoms with van der Waals surface area (Å²) in [4.78, 5) is 13.4. The minimum atomic E-state index is -0.0672. The van der Waals surface area contributed by atoms with Crippen molar-refractivity contribution in [1.82, 2.24) is 5.32 Å². The molecule has 1 aromatic carbocycles. The fourth-order valence-corrected chi connectivity index (χ4v) is 3.04. The highest BCUT2D eigenvalue weighted by Gasteiger charge is 2.22. The smallest absolute Gasteiger partial charge is 0.233 e. The van der Waals surface area contributed by atoms with Gasteiger partial charge in [-0.3, -0.25) is 4.79 Å². The lowest BCUT2D eigenvalue weighted by atomic mass is 9.93. The highest BCUT2D eigenvalue weighted by molar-refractivity contribution is 8.00. The Morgan fingerprint density at radius 3 is 2.00 bits per heavy atom. The third-order valence-corrected chi connectivity index (χ3v) is 4.28. The van der Waals surface area contributed by atoms with Crippen LogP contribution in [0.15, 0.2) is 35.2 Å². The molecule has 0 saturated heterocycles. The van der Waals surface area contributed by atoms with Crippen molar-refractivity contribution < 1.29 is 4.79 Å². The number of hydrogen-bond donors (Lipinski definition) is 1. The van der Waals surface area contributed by atoms with E-state index < -0.39 is 0 Å². The van der Waals surface area contributed by atoms with E-state index in [0.717, 1.165) is 4.90 Å². The molecule has 0 aliphatic rings. The first kappa shape index (κ1) is 16.1. The van der Waals surface area contributed by atoms with E-state index in [-0.39, 0.29) is 17.2 Å². The van der Waals surface area contributed by atoms with Gasteiger partial charge in [-0.15, -0.1) is 11.8 Å². The molecule has 1 amide bonds. The van der Waals surface area contributed by atoms with Gasteiger partial charge in [0.2, 0.25) is 5.91 Å². The Hall–Kier alpha value is -0.960. The van der Waals surface area contributed by atoms with E-state index in [1.807, 2.05) is 37.3 Å². The number of amides is 1. The number of nitrogens with one attached hydrogen (secondary N) is 1. The van der Waals surface area contributed by atoms with E-state index in [9.17, 15) is 4.79 Å². The number of carbonyl (C=O) groups is 1. The Balaban J connectivity index is 2.57. The topological polar surface area (TPSA) is 29.1 Å². The van der Waals surface area contributed by atoms with Gasteiger partial charge in [0.25, 0.3) is 0 Å². The molecule has 106 valence electrons. The van der Waals surface area contributed by atoms with Gasteiger partial charge in [-0.05, 0) is 30.9 Å². The summed E-state index contributed by atoms with van der Waals surface area (Å²) in [7, 11) is 0. The second kappa shape index (κ2) is 7.59. The lowest BCUT2D eigenvalue weighted by molar-refractivity contribution is -0.121. The third-order valence-electron chi connectivity index (χ3n) is 3.17. The van der Waals surface area contributed by atoms with Crippen molar-refractivity contribution >= 4 is 17.7 Å². The molecule has 3 heteroatoms. The SMILES string of the molecule is CC(C)C(NC(=O)[C@@H](C)Sc1ccccc1)C(C)C. The average Bonchev–Trinajstić information content (AvgIpc) is 2.35. The number of benzene rings is 1. The lowest BCUT2D eigenvalue weighted by Crippen LogP contribution is -2.45. The number of carbonyl (C=O) groups excluding carboxylic acids is 1. The van der Waals surface area contributed by atoms with Crippen LogP contribution >= 0.6 is 11.8 Å². The summed E-state index contributed by atoms with van der Waals surface area (Å²) in [6.45, 7) is 10.6. The van der Waals surface area contributed by atoms with Gasteiger partial charge >= 0.3 is 0 Å². The Bertz CT molecular complexity index is 381. The second-order valence-electron chi connectivity index (χ2n) is 5.60. The van der Waals surface area contributed by atoms with Gasteiger partial charge in [-0.2, -0.15) is 0 Å². The molecule has 0 spiro atoms. The third kappa shape index (κ3) is 5.27. The van der Waals surface area contributed by atoms with Crippen LogP contribution < -0.4 is 5.32 Å². The fraction of sp³-hybridized carbons (Fsp3) is 0.562. The molecular weight excluding hydrogens is 254 g/mol. The maximum atomic E-state index is 12.2. The Kier molecular flexibility index (Phi) is 6.43. The predicted molar refractivity (Wildman–Crippen MR) is 83.4 cm³/mol. The molecule has 1 N–H and O–H groups in total. The maximum Gasteiger partial charge on any atom is 0.233 e. The molecule has 0 unspecified atom stereocenters. The summed E-state index contributed by atoms with van der Waals surface area (Å²) >= 11 is 1.61. The molecule has 1 aromatic rings. The molecule has 0 fully saturated rings. The van der Waals surface area contributed by atoms with E-state index in [1.54, 1.807) is 11.8 Å². The van der Waals surface area contributed by atoms with Crippen LogP contribution in [-0.2, 0) is 4.79 Å². The number of rotatable bonds is 6. The molecule has 0 bridgehead atoms. The van der Waals surface area contributed by atoms with Crippen molar-refractivity contribution in [2.75, 3.05) is 0 Å². The molecule has 0 heterocycles. The molecule has 0 aromatic heterocycles. The summed E-state index contributed by atoms with van der Waals surface area (Å²) in [5.41, 5.74) is 0. The predicted octanol–water partition coefficient (Wildman–Crippen LogP) is 3.96. The first-order valence-corrected chi connectivity index (χ1v) is 7.82. The molecule has 1 rings (SSSR count). The first-order valence-electron chi connectivity index (χ1n) is 6.94. The van der Waals surface area contributed by atoms with Crippen LogP contribution in [0.25, 0.3) is 0 Å². The van der Waals surface area contributed by atoms with E-state index in [1.165, 1.54) is 0 Å². The van der Waals surface area contributed by atoms with Crippen molar-refractivity contribution in [3.05, 3.63) is 30.3 Å². The summed E-state index contributed by atoms with van der Waals surface area (Å²) in [5, 5.41) is 3.11. The molecule has 0 aliphatic carbocycles. The molecule has 19 heavy (non-hydrogen) atoms. The van der Waals surface area contributed by atoms with Crippen LogP contribution in [0.4, 0.5) is 0 Å². The summed E-state index contributed by atoms with van der Waals surface area (Å²) in [6, 6.07) is 10.3. The zero-order chi connectivity index (χ0) is 14.4. The van der Waals surface area contributed by atoms with Crippen molar-refractivity contribution in [3.63, 3.8) is 0 Å². The fourth-order valence-electron chi connectivity index (χ4n) is 2.14. The molecule has 0 saturated carbocycles. The number of hydrogen-bond acceptors (Lipinski definition) is 2. The van der Waals surface area contributed by atoms with Gasteiger partial charge in [0.1, 0.15) is 0 Å². The maximum absolute atomic E-state index is 12.2. The minimum Gasteiger partial charge on any atom is -0.352 e. The van der Waals surface area contributed by atoms with Crippen LogP contribution in [0.3, 0.4) is 0 Å². The molecule has 0 aliphatic heterocycles. The van der Waals surface area contributed by atoms with Crippen LogP contribution in [0.5, 0.6) is 0 Å². The monoisotopic (exact) mass is 279 g/mol. The largest absolute Gasteiger partial charge is 0.352 e. The Labute approximate surface area is 121 Å². The summed E-state index contributed by atoms with van der Waals surface area (Å²) in [5.74, 6) is 1.04. The second-order valence-corrected chi connectivity index (χ2v) is 7.01. The average molecular weight is 279 g/mol. The quantitative estimate of drug-likeness (QED) is 0.798. The van der Waals surface area contributed by atoms with Gasteiger partial charge in [-0.1, -0.05) is 45.9 Å². The van der Waals surface area contributed by atoms with Gasteiger partial charge in [0.05, 0.1) is 5.25 Å². The van der Waals surface area contributed by atoms with Gasteiger partial charge in [-0.25, -0.2) is 0 Å². The lowest BCUT2D eigenvalue weighted by Gasteiger charge is -2.27. The van der Waals surface area contributed by atoms with E-state index in [4.69, 9.17) is 0 Å². The van der Waals surface area contributed by atoms with Crippen LogP contribution in [0, 0.1) is 11.8 Å². The van der Waals surface area contributed by atoms with E-state index >= 15 is 0 Å². The van der Waals surface area contributed by atoms with Crippen LogP contribution in [0.1, 0.15) is 34.6 Å². The Morgan fingerprint density at radius 1 is 1.00 bits per heavy atom. The van der Waals surface area contributed by atoms with Crippen molar-refractivity contribution in [2.45, 2.75) is 50.8 Å². The van der Waals surface area contributed by atoms with E-state index in [0.29, 0.717) is 11.8 Å². The van der Waals surface area contributed by atoms with Crippen LogP contribution in [0.2, 0.25) is 0 Å². The van der Waals surface area contributed by atoms with E-state index in [2.05, 4.69) is 33.0 Å². The highest BCUT2D eigenvalue weighted by atomic mass is 32.2. The Morgan fingerprint density at radius 2 is 1.53 bits per heavy atom. The first-order chi connectivity index (χ1) is 8.91. The summed E-state index contributed by atoms with van der Waals surface area (Å²) < 4.78 is 0. The van der Waals surface area contributed by atoms with Gasteiger partial charge < -0.3 is 5.32 Å². The minimum absolute atomic E-state index is 0.0672. The molecule has 0 radical (unpaired) electrons. The normalized spacial score (nSPS) is 13.1. The molecule has 1 atom stereocenters. The molecule has 2 nitrogen and oxygen atoms in total. The van der Waals surface area contributed by atoms with Crippen molar-refractivity contribution in [1.29, 1.82) is 0 Å². The zero-order valence-electron chi connectivity index (χ0n) is 12.5.